The molecule has 2 aromatic rings. The van der Waals surface area contributed by atoms with Crippen LogP contribution >= 0.6 is 11.3 Å². The number of allylic oxidation sites excluding steroid dienone is 1. The third kappa shape index (κ3) is 3.21. The second-order valence-electron chi connectivity index (χ2n) is 3.50. The van der Waals surface area contributed by atoms with Crippen LogP contribution in [-0.4, -0.2) is 21.1 Å². The topological polar surface area (TPSA) is 67.8 Å². The minimum atomic E-state index is -0.0846. The van der Waals surface area contributed by atoms with Crippen LogP contribution in [0.15, 0.2) is 37.1 Å². The Morgan fingerprint density at radius 2 is 2.33 bits per heavy atom. The van der Waals surface area contributed by atoms with Crippen molar-refractivity contribution in [2.75, 3.05) is 5.32 Å². The highest BCUT2D eigenvalue weighted by atomic mass is 32.1. The summed E-state index contributed by atoms with van der Waals surface area (Å²) in [6, 6.07) is 5.57. The van der Waals surface area contributed by atoms with Crippen molar-refractivity contribution in [3.8, 4) is 10.7 Å². The van der Waals surface area contributed by atoms with Gasteiger partial charge in [-0.3, -0.25) is 9.78 Å². The summed E-state index contributed by atoms with van der Waals surface area (Å²) in [6.07, 6.45) is 4.46. The first kappa shape index (κ1) is 12.4. The standard InChI is InChI=1S/C12H12N4OS/c1-2-3-7-10(17)14-12-16-15-11(18-12)9-6-4-5-8-13-9/h2,4-6,8H,1,3,7H2,(H,14,16,17). The van der Waals surface area contributed by atoms with Crippen LogP contribution < -0.4 is 5.32 Å². The van der Waals surface area contributed by atoms with Gasteiger partial charge in [-0.2, -0.15) is 0 Å². The van der Waals surface area contributed by atoms with E-state index < -0.39 is 0 Å². The summed E-state index contributed by atoms with van der Waals surface area (Å²) in [7, 11) is 0. The van der Waals surface area contributed by atoms with Gasteiger partial charge in [-0.25, -0.2) is 0 Å². The molecule has 0 spiro atoms. The highest BCUT2D eigenvalue weighted by Crippen LogP contribution is 2.24. The lowest BCUT2D eigenvalue weighted by Crippen LogP contribution is -2.10. The Bertz CT molecular complexity index is 538. The minimum absolute atomic E-state index is 0.0846. The molecule has 2 rings (SSSR count). The van der Waals surface area contributed by atoms with Crippen molar-refractivity contribution in [2.24, 2.45) is 0 Å². The van der Waals surface area contributed by atoms with E-state index in [2.05, 4.69) is 27.1 Å². The van der Waals surface area contributed by atoms with E-state index in [1.807, 2.05) is 18.2 Å². The van der Waals surface area contributed by atoms with Gasteiger partial charge < -0.3 is 5.32 Å². The molecule has 18 heavy (non-hydrogen) atoms. The third-order valence-electron chi connectivity index (χ3n) is 2.13. The minimum Gasteiger partial charge on any atom is -0.301 e. The maximum atomic E-state index is 11.5. The van der Waals surface area contributed by atoms with Crippen LogP contribution in [0.4, 0.5) is 5.13 Å². The zero-order valence-corrected chi connectivity index (χ0v) is 10.5. The van der Waals surface area contributed by atoms with Crippen molar-refractivity contribution in [3.05, 3.63) is 37.1 Å². The van der Waals surface area contributed by atoms with Crippen LogP contribution in [0.1, 0.15) is 12.8 Å². The molecule has 0 unspecified atom stereocenters. The predicted octanol–water partition coefficient (Wildman–Crippen LogP) is 2.50. The van der Waals surface area contributed by atoms with E-state index in [9.17, 15) is 4.79 Å². The fourth-order valence-electron chi connectivity index (χ4n) is 1.28. The Morgan fingerprint density at radius 3 is 3.06 bits per heavy atom. The molecule has 2 heterocycles. The highest BCUT2D eigenvalue weighted by molar-refractivity contribution is 7.18. The number of rotatable bonds is 5. The highest BCUT2D eigenvalue weighted by Gasteiger charge is 2.09. The van der Waals surface area contributed by atoms with Gasteiger partial charge in [-0.1, -0.05) is 23.5 Å². The molecule has 0 aliphatic rings. The Hall–Kier alpha value is -2.08. The second kappa shape index (κ2) is 6.02. The van der Waals surface area contributed by atoms with Crippen molar-refractivity contribution >= 4 is 22.4 Å². The molecule has 0 aliphatic carbocycles. The van der Waals surface area contributed by atoms with E-state index in [-0.39, 0.29) is 5.91 Å². The molecule has 1 N–H and O–H groups in total. The average molecular weight is 260 g/mol. The summed E-state index contributed by atoms with van der Waals surface area (Å²) in [5.74, 6) is -0.0846. The van der Waals surface area contributed by atoms with Gasteiger partial charge in [0.25, 0.3) is 0 Å². The fraction of sp³-hybridized carbons (Fsp3) is 0.167. The van der Waals surface area contributed by atoms with Crippen LogP contribution in [0.5, 0.6) is 0 Å². The van der Waals surface area contributed by atoms with E-state index in [1.54, 1.807) is 12.3 Å². The molecule has 1 amide bonds. The average Bonchev–Trinajstić information content (AvgIpc) is 2.86. The summed E-state index contributed by atoms with van der Waals surface area (Å²) >= 11 is 1.31. The first-order chi connectivity index (χ1) is 8.79. The molecule has 0 fully saturated rings. The van der Waals surface area contributed by atoms with Gasteiger partial charge in [0, 0.05) is 12.6 Å². The number of hydrogen-bond acceptors (Lipinski definition) is 5. The largest absolute Gasteiger partial charge is 0.301 e. The molecule has 0 saturated heterocycles. The summed E-state index contributed by atoms with van der Waals surface area (Å²) < 4.78 is 0. The lowest BCUT2D eigenvalue weighted by Gasteiger charge is -1.97. The molecule has 0 aliphatic heterocycles. The molecule has 6 heteroatoms. The van der Waals surface area contributed by atoms with Crippen LogP contribution in [-0.2, 0) is 4.79 Å². The molecule has 0 atom stereocenters. The number of hydrogen-bond donors (Lipinski definition) is 1. The van der Waals surface area contributed by atoms with Gasteiger partial charge in [-0.05, 0) is 18.6 Å². The molecule has 0 bridgehead atoms. The van der Waals surface area contributed by atoms with Crippen molar-refractivity contribution in [1.82, 2.24) is 15.2 Å². The zero-order chi connectivity index (χ0) is 12.8. The predicted molar refractivity (Wildman–Crippen MR) is 71.2 cm³/mol. The number of nitrogens with one attached hydrogen (secondary N) is 1. The number of amides is 1. The monoisotopic (exact) mass is 260 g/mol. The molecule has 5 nitrogen and oxygen atoms in total. The zero-order valence-electron chi connectivity index (χ0n) is 9.67. The van der Waals surface area contributed by atoms with Gasteiger partial charge in [-0.15, -0.1) is 16.8 Å². The number of anilines is 1. The first-order valence-electron chi connectivity index (χ1n) is 5.45. The molecule has 92 valence electrons. The second-order valence-corrected chi connectivity index (χ2v) is 4.48. The molecule has 0 radical (unpaired) electrons. The number of aromatic nitrogens is 3. The number of carbonyl (C=O) groups is 1. The molecule has 0 aromatic carbocycles. The van der Waals surface area contributed by atoms with Crippen molar-refractivity contribution < 1.29 is 4.79 Å². The number of nitrogens with zero attached hydrogens (tertiary/aromatic N) is 3. The van der Waals surface area contributed by atoms with Crippen LogP contribution in [0.3, 0.4) is 0 Å². The summed E-state index contributed by atoms with van der Waals surface area (Å²) in [5, 5.41) is 11.8. The number of pyridine rings is 1. The molecular weight excluding hydrogens is 248 g/mol. The van der Waals surface area contributed by atoms with E-state index in [0.717, 1.165) is 5.69 Å². The fourth-order valence-corrected chi connectivity index (χ4v) is 2.02. The van der Waals surface area contributed by atoms with Crippen LogP contribution in [0.2, 0.25) is 0 Å². The Kier molecular flexibility index (Phi) is 4.14. The Balaban J connectivity index is 2.02. The maximum Gasteiger partial charge on any atom is 0.226 e. The molecular formula is C12H12N4OS. The SMILES string of the molecule is C=CCCC(=O)Nc1nnc(-c2ccccn2)s1. The normalized spacial score (nSPS) is 10.0. The lowest BCUT2D eigenvalue weighted by atomic mass is 10.3. The Labute approximate surface area is 109 Å². The molecule has 0 saturated carbocycles. The first-order valence-corrected chi connectivity index (χ1v) is 6.27. The summed E-state index contributed by atoms with van der Waals surface area (Å²) in [4.78, 5) is 15.7. The smallest absolute Gasteiger partial charge is 0.226 e. The van der Waals surface area contributed by atoms with Gasteiger partial charge >= 0.3 is 0 Å². The Morgan fingerprint density at radius 1 is 1.44 bits per heavy atom. The van der Waals surface area contributed by atoms with E-state index >= 15 is 0 Å². The van der Waals surface area contributed by atoms with Crippen LogP contribution in [0, 0.1) is 0 Å². The van der Waals surface area contributed by atoms with Gasteiger partial charge in [0.15, 0.2) is 5.01 Å². The quantitative estimate of drug-likeness (QED) is 0.839. The molecule has 2 aromatic heterocycles. The van der Waals surface area contributed by atoms with E-state index in [0.29, 0.717) is 23.0 Å². The number of carbonyl (C=O) groups excluding carboxylic acids is 1. The summed E-state index contributed by atoms with van der Waals surface area (Å²) in [6.45, 7) is 3.57. The van der Waals surface area contributed by atoms with Gasteiger partial charge in [0.05, 0.1) is 0 Å². The van der Waals surface area contributed by atoms with E-state index in [4.69, 9.17) is 0 Å². The van der Waals surface area contributed by atoms with Crippen molar-refractivity contribution in [3.63, 3.8) is 0 Å². The van der Waals surface area contributed by atoms with Gasteiger partial charge in [0.1, 0.15) is 5.69 Å². The van der Waals surface area contributed by atoms with E-state index in [1.165, 1.54) is 11.3 Å². The van der Waals surface area contributed by atoms with Crippen molar-refractivity contribution in [1.29, 1.82) is 0 Å². The lowest BCUT2D eigenvalue weighted by molar-refractivity contribution is -0.116. The van der Waals surface area contributed by atoms with Crippen molar-refractivity contribution in [2.45, 2.75) is 12.8 Å². The summed E-state index contributed by atoms with van der Waals surface area (Å²) in [5.41, 5.74) is 0.751. The maximum absolute atomic E-state index is 11.5. The van der Waals surface area contributed by atoms with Crippen LogP contribution in [0.25, 0.3) is 10.7 Å². The third-order valence-corrected chi connectivity index (χ3v) is 2.99. The van der Waals surface area contributed by atoms with Gasteiger partial charge in [0.2, 0.25) is 11.0 Å².